The molecule has 118 valence electrons. The van der Waals surface area contributed by atoms with Crippen LogP contribution in [0.4, 0.5) is 0 Å². The van der Waals surface area contributed by atoms with Gasteiger partial charge in [0.25, 0.3) is 0 Å². The van der Waals surface area contributed by atoms with E-state index in [1.54, 1.807) is 0 Å². The van der Waals surface area contributed by atoms with Crippen molar-refractivity contribution in [1.29, 1.82) is 0 Å². The number of rotatable bonds is 8. The Hall–Kier alpha value is -1.76. The minimum Gasteiger partial charge on any atom is -0.461 e. The van der Waals surface area contributed by atoms with Gasteiger partial charge < -0.3 is 4.42 Å². The molecule has 0 amide bonds. The molecule has 0 bridgehead atoms. The van der Waals surface area contributed by atoms with Crippen LogP contribution in [0, 0.1) is 6.92 Å². The van der Waals surface area contributed by atoms with Gasteiger partial charge in [-0.1, -0.05) is 57.0 Å². The van der Waals surface area contributed by atoms with Gasteiger partial charge in [-0.05, 0) is 61.4 Å². The molecule has 0 aliphatic rings. The molecule has 0 atom stereocenters. The van der Waals surface area contributed by atoms with Crippen LogP contribution in [-0.4, -0.2) is 0 Å². The molecule has 1 aromatic heterocycles. The van der Waals surface area contributed by atoms with Crippen LogP contribution >= 0.6 is 0 Å². The third kappa shape index (κ3) is 4.62. The minimum atomic E-state index is 1.02. The lowest BCUT2D eigenvalue weighted by molar-refractivity contribution is 0.515. The molecule has 0 saturated carbocycles. The molecular weight excluding hydrogens is 268 g/mol. The van der Waals surface area contributed by atoms with Gasteiger partial charge in [-0.2, -0.15) is 0 Å². The molecular formula is C21H28O. The van der Waals surface area contributed by atoms with Gasteiger partial charge in [-0.25, -0.2) is 0 Å². The van der Waals surface area contributed by atoms with E-state index in [2.05, 4.69) is 63.2 Å². The first-order valence-electron chi connectivity index (χ1n) is 8.59. The summed E-state index contributed by atoms with van der Waals surface area (Å²) in [5, 5.41) is 0. The Morgan fingerprint density at radius 2 is 1.77 bits per heavy atom. The van der Waals surface area contributed by atoms with Crippen molar-refractivity contribution in [2.45, 2.75) is 59.3 Å². The average molecular weight is 296 g/mol. The van der Waals surface area contributed by atoms with E-state index in [0.717, 1.165) is 24.4 Å². The first-order chi connectivity index (χ1) is 10.7. The fraction of sp³-hybridized carbons (Fsp3) is 0.429. The SMILES string of the molecule is CCCC/C(=C/c1ccccc1)c1oc(C)cc1CCCC. The van der Waals surface area contributed by atoms with Gasteiger partial charge in [-0.3, -0.25) is 0 Å². The van der Waals surface area contributed by atoms with Crippen LogP contribution in [0.15, 0.2) is 40.8 Å². The Morgan fingerprint density at radius 3 is 2.45 bits per heavy atom. The second kappa shape index (κ2) is 8.63. The standard InChI is InChI=1S/C21H28O/c1-4-6-13-19-15-17(3)22-21(19)20(14-7-5-2)16-18-11-9-8-10-12-18/h8-12,15-16H,4-7,13-14H2,1-3H3/b20-16-. The first kappa shape index (κ1) is 16.6. The van der Waals surface area contributed by atoms with Crippen LogP contribution < -0.4 is 0 Å². The van der Waals surface area contributed by atoms with Crippen LogP contribution in [0.3, 0.4) is 0 Å². The molecule has 2 rings (SSSR count). The Labute approximate surface area is 135 Å². The molecule has 1 nitrogen and oxygen atoms in total. The van der Waals surface area contributed by atoms with E-state index in [4.69, 9.17) is 4.42 Å². The smallest absolute Gasteiger partial charge is 0.133 e. The third-order valence-electron chi connectivity index (χ3n) is 3.96. The van der Waals surface area contributed by atoms with Crippen molar-refractivity contribution < 1.29 is 4.42 Å². The highest BCUT2D eigenvalue weighted by molar-refractivity contribution is 5.80. The molecule has 22 heavy (non-hydrogen) atoms. The Bertz CT molecular complexity index is 590. The molecule has 1 aromatic carbocycles. The molecule has 0 radical (unpaired) electrons. The molecule has 0 aliphatic carbocycles. The van der Waals surface area contributed by atoms with Crippen molar-refractivity contribution in [2.75, 3.05) is 0 Å². The number of hydrogen-bond acceptors (Lipinski definition) is 1. The van der Waals surface area contributed by atoms with Gasteiger partial charge in [0.2, 0.25) is 0 Å². The van der Waals surface area contributed by atoms with Gasteiger partial charge in [0.15, 0.2) is 0 Å². The lowest BCUT2D eigenvalue weighted by Crippen LogP contribution is -1.91. The predicted molar refractivity (Wildman–Crippen MR) is 95.9 cm³/mol. The summed E-state index contributed by atoms with van der Waals surface area (Å²) in [6.07, 6.45) is 9.33. The summed E-state index contributed by atoms with van der Waals surface area (Å²) >= 11 is 0. The van der Waals surface area contributed by atoms with Crippen molar-refractivity contribution in [3.8, 4) is 0 Å². The second-order valence-corrected chi connectivity index (χ2v) is 6.00. The van der Waals surface area contributed by atoms with Gasteiger partial charge in [0.05, 0.1) is 0 Å². The normalized spacial score (nSPS) is 11.9. The van der Waals surface area contributed by atoms with E-state index >= 15 is 0 Å². The number of benzene rings is 1. The lowest BCUT2D eigenvalue weighted by Gasteiger charge is -2.08. The summed E-state index contributed by atoms with van der Waals surface area (Å²) in [7, 11) is 0. The second-order valence-electron chi connectivity index (χ2n) is 6.00. The van der Waals surface area contributed by atoms with Crippen LogP contribution in [-0.2, 0) is 6.42 Å². The summed E-state index contributed by atoms with van der Waals surface area (Å²) in [5.41, 5.74) is 3.97. The van der Waals surface area contributed by atoms with E-state index in [9.17, 15) is 0 Å². The average Bonchev–Trinajstić information content (AvgIpc) is 2.91. The van der Waals surface area contributed by atoms with E-state index in [0.29, 0.717) is 0 Å². The molecule has 0 spiro atoms. The van der Waals surface area contributed by atoms with Crippen LogP contribution in [0.25, 0.3) is 11.6 Å². The number of unbranched alkanes of at least 4 members (excludes halogenated alkanes) is 2. The molecule has 0 N–H and O–H groups in total. The fourth-order valence-electron chi connectivity index (χ4n) is 2.76. The van der Waals surface area contributed by atoms with Crippen molar-refractivity contribution in [3.05, 3.63) is 59.0 Å². The molecule has 0 aliphatic heterocycles. The minimum absolute atomic E-state index is 1.02. The summed E-state index contributed by atoms with van der Waals surface area (Å²) in [4.78, 5) is 0. The lowest BCUT2D eigenvalue weighted by atomic mass is 9.98. The van der Waals surface area contributed by atoms with Gasteiger partial charge in [-0.15, -0.1) is 0 Å². The van der Waals surface area contributed by atoms with Gasteiger partial charge in [0.1, 0.15) is 11.5 Å². The first-order valence-corrected chi connectivity index (χ1v) is 8.59. The monoisotopic (exact) mass is 296 g/mol. The molecule has 0 saturated heterocycles. The Morgan fingerprint density at radius 1 is 1.05 bits per heavy atom. The van der Waals surface area contributed by atoms with Crippen molar-refractivity contribution in [3.63, 3.8) is 0 Å². The zero-order chi connectivity index (χ0) is 15.8. The maximum atomic E-state index is 6.07. The highest BCUT2D eigenvalue weighted by Gasteiger charge is 2.13. The topological polar surface area (TPSA) is 13.1 Å². The van der Waals surface area contributed by atoms with E-state index in [-0.39, 0.29) is 0 Å². The van der Waals surface area contributed by atoms with Crippen molar-refractivity contribution >= 4 is 11.6 Å². The third-order valence-corrected chi connectivity index (χ3v) is 3.96. The van der Waals surface area contributed by atoms with Crippen LogP contribution in [0.2, 0.25) is 0 Å². The van der Waals surface area contributed by atoms with E-state index in [1.165, 1.54) is 42.4 Å². The Kier molecular flexibility index (Phi) is 6.51. The number of aryl methyl sites for hydroxylation is 2. The maximum absolute atomic E-state index is 6.07. The molecule has 1 heteroatoms. The van der Waals surface area contributed by atoms with Crippen LogP contribution in [0.1, 0.15) is 68.6 Å². The van der Waals surface area contributed by atoms with Crippen LogP contribution in [0.5, 0.6) is 0 Å². The molecule has 0 unspecified atom stereocenters. The van der Waals surface area contributed by atoms with E-state index < -0.39 is 0 Å². The van der Waals surface area contributed by atoms with Gasteiger partial charge >= 0.3 is 0 Å². The van der Waals surface area contributed by atoms with Gasteiger partial charge in [0, 0.05) is 0 Å². The molecule has 0 fully saturated rings. The predicted octanol–water partition coefficient (Wildman–Crippen LogP) is 6.66. The Balaban J connectivity index is 2.34. The largest absolute Gasteiger partial charge is 0.461 e. The zero-order valence-corrected chi connectivity index (χ0v) is 14.2. The number of furan rings is 1. The molecule has 1 heterocycles. The summed E-state index contributed by atoms with van der Waals surface area (Å²) in [5.74, 6) is 2.14. The highest BCUT2D eigenvalue weighted by atomic mass is 16.3. The van der Waals surface area contributed by atoms with Crippen molar-refractivity contribution in [2.24, 2.45) is 0 Å². The quantitative estimate of drug-likeness (QED) is 0.530. The fourth-order valence-corrected chi connectivity index (χ4v) is 2.76. The highest BCUT2D eigenvalue weighted by Crippen LogP contribution is 2.30. The number of hydrogen-bond donors (Lipinski definition) is 0. The summed E-state index contributed by atoms with van der Waals surface area (Å²) < 4.78 is 6.07. The maximum Gasteiger partial charge on any atom is 0.133 e. The van der Waals surface area contributed by atoms with E-state index in [1.807, 2.05) is 0 Å². The zero-order valence-electron chi connectivity index (χ0n) is 14.2. The van der Waals surface area contributed by atoms with Crippen molar-refractivity contribution in [1.82, 2.24) is 0 Å². The summed E-state index contributed by atoms with van der Waals surface area (Å²) in [6, 6.07) is 12.8. The summed E-state index contributed by atoms with van der Waals surface area (Å²) in [6.45, 7) is 6.54. The molecule has 2 aromatic rings. The number of allylic oxidation sites excluding steroid dienone is 1.